The van der Waals surface area contributed by atoms with E-state index < -0.39 is 0 Å². The Kier molecular flexibility index (Phi) is 10.1. The number of phenols is 1. The number of halogens is 1. The molecular weight excluding hydrogens is 443 g/mol. The molecule has 1 heterocycles. The summed E-state index contributed by atoms with van der Waals surface area (Å²) in [6.07, 6.45) is 1.20. The molecule has 6 nitrogen and oxygen atoms in total. The monoisotopic (exact) mass is 476 g/mol. The van der Waals surface area contributed by atoms with E-state index in [0.29, 0.717) is 12.5 Å². The summed E-state index contributed by atoms with van der Waals surface area (Å²) >= 11 is 0. The van der Waals surface area contributed by atoms with Crippen LogP contribution in [0.4, 0.5) is 0 Å². The molecule has 2 N–H and O–H groups in total. The number of methoxy groups -OCH3 is 1. The Morgan fingerprint density at radius 3 is 2.73 bits per heavy atom. The van der Waals surface area contributed by atoms with Gasteiger partial charge in [-0.25, -0.2) is 0 Å². The van der Waals surface area contributed by atoms with Gasteiger partial charge < -0.3 is 25.0 Å². The molecule has 7 heteroatoms. The molecule has 0 aliphatic carbocycles. The highest BCUT2D eigenvalue weighted by molar-refractivity contribution is 14.0. The first-order valence-corrected chi connectivity index (χ1v) is 9.15. The van der Waals surface area contributed by atoms with Crippen molar-refractivity contribution in [3.05, 3.63) is 23.8 Å². The lowest BCUT2D eigenvalue weighted by Crippen LogP contribution is -2.40. The molecule has 1 unspecified atom stereocenters. The average Bonchev–Trinajstić information content (AvgIpc) is 3.10. The Bertz CT molecular complexity index is 579. The molecule has 148 valence electrons. The lowest BCUT2D eigenvalue weighted by Gasteiger charge is -2.24. The van der Waals surface area contributed by atoms with Crippen LogP contribution in [0.15, 0.2) is 23.2 Å². The van der Waals surface area contributed by atoms with Gasteiger partial charge in [0.1, 0.15) is 11.5 Å². The standard InChI is InChI=1S/C19H32N4O2.HI/c1-5-22(6-2)13-15-9-10-23(14-15)19(20-3)21-12-16-11-17(25-4)7-8-18(16)24;/h7-8,11,15,24H,5-6,9-10,12-14H2,1-4H3,(H,20,21);1H. The number of ether oxygens (including phenoxy) is 1. The molecule has 1 fully saturated rings. The molecule has 1 aliphatic heterocycles. The van der Waals surface area contributed by atoms with Crippen LogP contribution in [0.25, 0.3) is 0 Å². The van der Waals surface area contributed by atoms with Crippen LogP contribution in [0.3, 0.4) is 0 Å². The van der Waals surface area contributed by atoms with E-state index >= 15 is 0 Å². The highest BCUT2D eigenvalue weighted by Crippen LogP contribution is 2.23. The Morgan fingerprint density at radius 2 is 2.12 bits per heavy atom. The first-order valence-electron chi connectivity index (χ1n) is 9.15. The molecule has 0 radical (unpaired) electrons. The highest BCUT2D eigenvalue weighted by Gasteiger charge is 2.25. The maximum Gasteiger partial charge on any atom is 0.193 e. The third kappa shape index (κ3) is 6.19. The lowest BCUT2D eigenvalue weighted by molar-refractivity contribution is 0.255. The minimum absolute atomic E-state index is 0. The van der Waals surface area contributed by atoms with Crippen molar-refractivity contribution in [3.8, 4) is 11.5 Å². The Morgan fingerprint density at radius 1 is 1.38 bits per heavy atom. The van der Waals surface area contributed by atoms with Gasteiger partial charge in [-0.3, -0.25) is 4.99 Å². The molecular formula is C19H33IN4O2. The molecule has 0 saturated carbocycles. The van der Waals surface area contributed by atoms with Crippen molar-refractivity contribution >= 4 is 29.9 Å². The third-order valence-electron chi connectivity index (χ3n) is 4.93. The lowest BCUT2D eigenvalue weighted by atomic mass is 10.1. The minimum atomic E-state index is 0. The van der Waals surface area contributed by atoms with Gasteiger partial charge in [-0.05, 0) is 43.6 Å². The number of nitrogens with zero attached hydrogens (tertiary/aromatic N) is 3. The maximum atomic E-state index is 10.0. The Hall–Kier alpha value is -1.22. The van der Waals surface area contributed by atoms with E-state index in [2.05, 4.69) is 34.0 Å². The normalized spacial score (nSPS) is 17.3. The van der Waals surface area contributed by atoms with Gasteiger partial charge in [0.25, 0.3) is 0 Å². The van der Waals surface area contributed by atoms with Gasteiger partial charge in [0.05, 0.1) is 7.11 Å². The second kappa shape index (κ2) is 11.5. The third-order valence-corrected chi connectivity index (χ3v) is 4.93. The van der Waals surface area contributed by atoms with E-state index in [4.69, 9.17) is 4.74 Å². The van der Waals surface area contributed by atoms with Crippen molar-refractivity contribution in [3.63, 3.8) is 0 Å². The molecule has 1 aromatic carbocycles. The topological polar surface area (TPSA) is 60.3 Å². The van der Waals surface area contributed by atoms with Crippen LogP contribution in [0.5, 0.6) is 11.5 Å². The SMILES string of the molecule is CCN(CC)CC1CCN(C(=NC)NCc2cc(OC)ccc2O)C1.I. The van der Waals surface area contributed by atoms with Gasteiger partial charge >= 0.3 is 0 Å². The van der Waals surface area contributed by atoms with Crippen molar-refractivity contribution < 1.29 is 9.84 Å². The van der Waals surface area contributed by atoms with Crippen molar-refractivity contribution in [2.75, 3.05) is 46.9 Å². The zero-order chi connectivity index (χ0) is 18.2. The predicted molar refractivity (Wildman–Crippen MR) is 118 cm³/mol. The fourth-order valence-corrected chi connectivity index (χ4v) is 3.36. The van der Waals surface area contributed by atoms with Crippen LogP contribution in [-0.4, -0.2) is 67.7 Å². The number of phenolic OH excluding ortho intramolecular Hbond substituents is 1. The molecule has 1 aromatic rings. The minimum Gasteiger partial charge on any atom is -0.508 e. The first-order chi connectivity index (χ1) is 12.1. The summed E-state index contributed by atoms with van der Waals surface area (Å²) in [6.45, 7) is 10.4. The number of aliphatic imine (C=N–C) groups is 1. The zero-order valence-electron chi connectivity index (χ0n) is 16.4. The number of hydrogen-bond donors (Lipinski definition) is 2. The molecule has 2 rings (SSSR count). The van der Waals surface area contributed by atoms with Gasteiger partial charge in [0.15, 0.2) is 5.96 Å². The molecule has 0 spiro atoms. The second-order valence-electron chi connectivity index (χ2n) is 6.48. The second-order valence-corrected chi connectivity index (χ2v) is 6.48. The number of aromatic hydroxyl groups is 1. The fourth-order valence-electron chi connectivity index (χ4n) is 3.36. The van der Waals surface area contributed by atoms with Crippen LogP contribution in [0.1, 0.15) is 25.8 Å². The van der Waals surface area contributed by atoms with Crippen molar-refractivity contribution in [2.45, 2.75) is 26.8 Å². The number of nitrogens with one attached hydrogen (secondary N) is 1. The summed E-state index contributed by atoms with van der Waals surface area (Å²) in [4.78, 5) is 9.21. The summed E-state index contributed by atoms with van der Waals surface area (Å²) in [5.41, 5.74) is 0.805. The van der Waals surface area contributed by atoms with Gasteiger partial charge in [-0.2, -0.15) is 0 Å². The van der Waals surface area contributed by atoms with Crippen LogP contribution >= 0.6 is 24.0 Å². The van der Waals surface area contributed by atoms with E-state index in [1.54, 1.807) is 19.2 Å². The van der Waals surface area contributed by atoms with E-state index in [1.165, 1.54) is 6.42 Å². The van der Waals surface area contributed by atoms with Crippen LogP contribution in [0, 0.1) is 5.92 Å². The quantitative estimate of drug-likeness (QED) is 0.360. The Labute approximate surface area is 174 Å². The van der Waals surface area contributed by atoms with Crippen LogP contribution in [0.2, 0.25) is 0 Å². The van der Waals surface area contributed by atoms with Crippen LogP contribution < -0.4 is 10.1 Å². The fraction of sp³-hybridized carbons (Fsp3) is 0.632. The first kappa shape index (κ1) is 22.8. The summed E-state index contributed by atoms with van der Waals surface area (Å²) < 4.78 is 5.23. The van der Waals surface area contributed by atoms with Gasteiger partial charge in [-0.1, -0.05) is 13.8 Å². The summed E-state index contributed by atoms with van der Waals surface area (Å²) in [5, 5.41) is 13.4. The Balaban J connectivity index is 0.00000338. The molecule has 1 aliphatic rings. The summed E-state index contributed by atoms with van der Waals surface area (Å²) in [6, 6.07) is 5.27. The zero-order valence-corrected chi connectivity index (χ0v) is 18.7. The van der Waals surface area contributed by atoms with E-state index in [-0.39, 0.29) is 29.7 Å². The van der Waals surface area contributed by atoms with Gasteiger partial charge in [0, 0.05) is 38.8 Å². The highest BCUT2D eigenvalue weighted by atomic mass is 127. The molecule has 0 aromatic heterocycles. The largest absolute Gasteiger partial charge is 0.508 e. The maximum absolute atomic E-state index is 10.0. The van der Waals surface area contributed by atoms with Crippen molar-refractivity contribution in [1.82, 2.24) is 15.1 Å². The summed E-state index contributed by atoms with van der Waals surface area (Å²) in [7, 11) is 3.44. The smallest absolute Gasteiger partial charge is 0.193 e. The van der Waals surface area contributed by atoms with Crippen molar-refractivity contribution in [2.24, 2.45) is 10.9 Å². The van der Waals surface area contributed by atoms with Crippen molar-refractivity contribution in [1.29, 1.82) is 0 Å². The van der Waals surface area contributed by atoms with E-state index in [9.17, 15) is 5.11 Å². The van der Waals surface area contributed by atoms with E-state index in [1.807, 2.05) is 13.1 Å². The number of hydrogen-bond acceptors (Lipinski definition) is 4. The molecule has 0 bridgehead atoms. The predicted octanol–water partition coefficient (Wildman–Crippen LogP) is 2.76. The average molecular weight is 476 g/mol. The number of guanidine groups is 1. The number of likely N-dealkylation sites (tertiary alicyclic amines) is 1. The molecule has 1 saturated heterocycles. The molecule has 0 amide bonds. The van der Waals surface area contributed by atoms with Gasteiger partial charge in [0.2, 0.25) is 0 Å². The number of rotatable bonds is 7. The number of benzene rings is 1. The van der Waals surface area contributed by atoms with Crippen LogP contribution in [-0.2, 0) is 6.54 Å². The molecule has 1 atom stereocenters. The summed E-state index contributed by atoms with van der Waals surface area (Å²) in [5.74, 6) is 2.59. The van der Waals surface area contributed by atoms with Gasteiger partial charge in [-0.15, -0.1) is 24.0 Å². The van der Waals surface area contributed by atoms with E-state index in [0.717, 1.165) is 50.0 Å². The molecule has 26 heavy (non-hydrogen) atoms.